The molecule has 4 nitrogen and oxygen atoms in total. The summed E-state index contributed by atoms with van der Waals surface area (Å²) in [4.78, 5) is 8.95. The van der Waals surface area contributed by atoms with Crippen molar-refractivity contribution < 1.29 is 0 Å². The average Bonchev–Trinajstić information content (AvgIpc) is 2.32. The summed E-state index contributed by atoms with van der Waals surface area (Å²) < 4.78 is 0. The van der Waals surface area contributed by atoms with Gasteiger partial charge in [-0.1, -0.05) is 38.8 Å². The molecular formula is C15H25ClN4. The molecule has 1 aliphatic heterocycles. The molecule has 2 rings (SSSR count). The van der Waals surface area contributed by atoms with Gasteiger partial charge in [0, 0.05) is 23.6 Å². The maximum absolute atomic E-state index is 6.14. The first kappa shape index (κ1) is 15.5. The van der Waals surface area contributed by atoms with Gasteiger partial charge in [-0.3, -0.25) is 0 Å². The fourth-order valence-electron chi connectivity index (χ4n) is 2.58. The van der Waals surface area contributed by atoms with Crippen LogP contribution in [0.4, 0.5) is 5.82 Å². The van der Waals surface area contributed by atoms with Crippen LogP contribution in [0.25, 0.3) is 0 Å². The van der Waals surface area contributed by atoms with Crippen molar-refractivity contribution in [3.05, 3.63) is 17.0 Å². The number of anilines is 1. The highest BCUT2D eigenvalue weighted by Crippen LogP contribution is 2.26. The standard InChI is InChI=1S/C15H25ClN4/c1-10-7-6-8-11(2)20(10)19-13-9-12(16)17-14(18-13)15(3,4)5/h9-11H,6-8H2,1-5H3,(H,17,18,19). The number of nitrogens with one attached hydrogen (secondary N) is 1. The zero-order chi connectivity index (χ0) is 14.9. The van der Waals surface area contributed by atoms with E-state index in [9.17, 15) is 0 Å². The van der Waals surface area contributed by atoms with Crippen molar-refractivity contribution in [1.82, 2.24) is 15.0 Å². The summed E-state index contributed by atoms with van der Waals surface area (Å²) in [6.45, 7) is 10.8. The van der Waals surface area contributed by atoms with Crippen LogP contribution < -0.4 is 5.43 Å². The molecule has 2 atom stereocenters. The van der Waals surface area contributed by atoms with E-state index in [0.29, 0.717) is 17.2 Å². The molecule has 0 saturated carbocycles. The molecule has 0 bridgehead atoms. The van der Waals surface area contributed by atoms with Gasteiger partial charge in [-0.25, -0.2) is 15.0 Å². The van der Waals surface area contributed by atoms with Crippen LogP contribution in [0.5, 0.6) is 0 Å². The van der Waals surface area contributed by atoms with Gasteiger partial charge >= 0.3 is 0 Å². The molecule has 20 heavy (non-hydrogen) atoms. The summed E-state index contributed by atoms with van der Waals surface area (Å²) in [6.07, 6.45) is 3.71. The van der Waals surface area contributed by atoms with Gasteiger partial charge in [-0.2, -0.15) is 0 Å². The quantitative estimate of drug-likeness (QED) is 0.837. The van der Waals surface area contributed by atoms with Crippen molar-refractivity contribution >= 4 is 17.4 Å². The van der Waals surface area contributed by atoms with Crippen LogP contribution in [0.2, 0.25) is 5.15 Å². The number of rotatable bonds is 2. The topological polar surface area (TPSA) is 41.0 Å². The largest absolute Gasteiger partial charge is 0.302 e. The second-order valence-electron chi connectivity index (χ2n) is 6.80. The molecule has 0 aromatic carbocycles. The SMILES string of the molecule is CC1CCCC(C)N1Nc1cc(Cl)nc(C(C)(C)C)n1. The van der Waals surface area contributed by atoms with E-state index in [-0.39, 0.29) is 5.41 Å². The van der Waals surface area contributed by atoms with Gasteiger partial charge in [0.2, 0.25) is 0 Å². The van der Waals surface area contributed by atoms with Crippen molar-refractivity contribution in [3.63, 3.8) is 0 Å². The molecule has 0 aliphatic carbocycles. The van der Waals surface area contributed by atoms with Crippen molar-refractivity contribution in [2.45, 2.75) is 71.4 Å². The van der Waals surface area contributed by atoms with Crippen molar-refractivity contribution in [3.8, 4) is 0 Å². The van der Waals surface area contributed by atoms with E-state index >= 15 is 0 Å². The predicted molar refractivity (Wildman–Crippen MR) is 84.0 cm³/mol. The predicted octanol–water partition coefficient (Wildman–Crippen LogP) is 4.02. The van der Waals surface area contributed by atoms with E-state index in [1.54, 1.807) is 6.07 Å². The van der Waals surface area contributed by atoms with E-state index in [1.165, 1.54) is 19.3 Å². The molecule has 0 amide bonds. The number of piperidine rings is 1. The van der Waals surface area contributed by atoms with Crippen LogP contribution in [0, 0.1) is 0 Å². The van der Waals surface area contributed by atoms with Crippen LogP contribution in [-0.4, -0.2) is 27.1 Å². The Hall–Kier alpha value is -0.870. The summed E-state index contributed by atoms with van der Waals surface area (Å²) in [5.41, 5.74) is 3.32. The first-order chi connectivity index (χ1) is 9.27. The fourth-order valence-corrected chi connectivity index (χ4v) is 2.77. The van der Waals surface area contributed by atoms with Gasteiger partial charge < -0.3 is 5.43 Å². The highest BCUT2D eigenvalue weighted by Gasteiger charge is 2.26. The smallest absolute Gasteiger partial charge is 0.145 e. The summed E-state index contributed by atoms with van der Waals surface area (Å²) >= 11 is 6.14. The lowest BCUT2D eigenvalue weighted by molar-refractivity contribution is 0.135. The number of aromatic nitrogens is 2. The Morgan fingerprint density at radius 2 is 1.80 bits per heavy atom. The lowest BCUT2D eigenvalue weighted by Crippen LogP contribution is -2.47. The van der Waals surface area contributed by atoms with E-state index in [1.807, 2.05) is 0 Å². The van der Waals surface area contributed by atoms with Crippen LogP contribution in [-0.2, 0) is 5.41 Å². The minimum atomic E-state index is -0.111. The van der Waals surface area contributed by atoms with Crippen LogP contribution in [0.15, 0.2) is 6.07 Å². The normalized spacial score (nSPS) is 24.7. The zero-order valence-corrected chi connectivity index (χ0v) is 13.8. The van der Waals surface area contributed by atoms with Gasteiger partial charge in [0.1, 0.15) is 16.8 Å². The van der Waals surface area contributed by atoms with E-state index in [4.69, 9.17) is 11.6 Å². The molecular weight excluding hydrogens is 272 g/mol. The third-order valence-electron chi connectivity index (χ3n) is 3.80. The number of hydrazine groups is 1. The molecule has 1 saturated heterocycles. The Labute approximate surface area is 126 Å². The number of hydrogen-bond donors (Lipinski definition) is 1. The molecule has 2 unspecified atom stereocenters. The van der Waals surface area contributed by atoms with Crippen molar-refractivity contribution in [1.29, 1.82) is 0 Å². The minimum absolute atomic E-state index is 0.111. The Bertz CT molecular complexity index is 459. The summed E-state index contributed by atoms with van der Waals surface area (Å²) in [5, 5.41) is 2.78. The fraction of sp³-hybridized carbons (Fsp3) is 0.733. The molecule has 0 radical (unpaired) electrons. The second-order valence-corrected chi connectivity index (χ2v) is 7.18. The molecule has 112 valence electrons. The lowest BCUT2D eigenvalue weighted by Gasteiger charge is -2.39. The molecule has 0 spiro atoms. The van der Waals surface area contributed by atoms with Crippen molar-refractivity contribution in [2.24, 2.45) is 0 Å². The van der Waals surface area contributed by atoms with Gasteiger partial charge in [0.25, 0.3) is 0 Å². The highest BCUT2D eigenvalue weighted by molar-refractivity contribution is 6.29. The van der Waals surface area contributed by atoms with E-state index in [2.05, 4.69) is 55.0 Å². The molecule has 5 heteroatoms. The summed E-state index contributed by atoms with van der Waals surface area (Å²) in [7, 11) is 0. The molecule has 1 aromatic rings. The lowest BCUT2D eigenvalue weighted by atomic mass is 9.96. The van der Waals surface area contributed by atoms with E-state index in [0.717, 1.165) is 11.6 Å². The molecule has 1 N–H and O–H groups in total. The monoisotopic (exact) mass is 296 g/mol. The minimum Gasteiger partial charge on any atom is -0.302 e. The van der Waals surface area contributed by atoms with Crippen LogP contribution >= 0.6 is 11.6 Å². The van der Waals surface area contributed by atoms with Gasteiger partial charge in [-0.05, 0) is 26.7 Å². The first-order valence-electron chi connectivity index (χ1n) is 7.37. The number of nitrogens with zero attached hydrogens (tertiary/aromatic N) is 3. The van der Waals surface area contributed by atoms with Gasteiger partial charge in [-0.15, -0.1) is 0 Å². The summed E-state index contributed by atoms with van der Waals surface area (Å²) in [5.74, 6) is 1.56. The Balaban J connectivity index is 2.22. The summed E-state index contributed by atoms with van der Waals surface area (Å²) in [6, 6.07) is 2.81. The molecule has 1 aromatic heterocycles. The van der Waals surface area contributed by atoms with Gasteiger partial charge in [0.15, 0.2) is 0 Å². The van der Waals surface area contributed by atoms with Crippen molar-refractivity contribution in [2.75, 3.05) is 5.43 Å². The molecule has 1 fully saturated rings. The first-order valence-corrected chi connectivity index (χ1v) is 7.75. The Morgan fingerprint density at radius 1 is 1.20 bits per heavy atom. The average molecular weight is 297 g/mol. The number of hydrogen-bond acceptors (Lipinski definition) is 4. The maximum Gasteiger partial charge on any atom is 0.145 e. The van der Waals surface area contributed by atoms with Crippen LogP contribution in [0.1, 0.15) is 59.7 Å². The zero-order valence-electron chi connectivity index (χ0n) is 13.1. The Morgan fingerprint density at radius 3 is 2.35 bits per heavy atom. The molecule has 1 aliphatic rings. The number of halogens is 1. The maximum atomic E-state index is 6.14. The third-order valence-corrected chi connectivity index (χ3v) is 4.00. The second kappa shape index (κ2) is 5.86. The highest BCUT2D eigenvalue weighted by atomic mass is 35.5. The van der Waals surface area contributed by atoms with Crippen LogP contribution in [0.3, 0.4) is 0 Å². The third kappa shape index (κ3) is 3.61. The molecule has 2 heterocycles. The van der Waals surface area contributed by atoms with Gasteiger partial charge in [0.05, 0.1) is 0 Å². The van der Waals surface area contributed by atoms with E-state index < -0.39 is 0 Å². The Kier molecular flexibility index (Phi) is 4.55.